The highest BCUT2D eigenvalue weighted by molar-refractivity contribution is 6.30. The third kappa shape index (κ3) is 5.98. The monoisotopic (exact) mass is 393 g/mol. The quantitative estimate of drug-likeness (QED) is 0.407. The summed E-state index contributed by atoms with van der Waals surface area (Å²) in [5, 5.41) is 49.0. The van der Waals surface area contributed by atoms with Crippen molar-refractivity contribution in [2.24, 2.45) is 10.3 Å². The number of nitrogens with zero attached hydrogens (tertiary/aromatic N) is 3. The minimum Gasteiger partial charge on any atom is -0.394 e. The van der Waals surface area contributed by atoms with Gasteiger partial charge in [0, 0.05) is 5.02 Å². The number of anilines is 1. The highest BCUT2D eigenvalue weighted by Crippen LogP contribution is 2.23. The van der Waals surface area contributed by atoms with E-state index < -0.39 is 24.9 Å². The van der Waals surface area contributed by atoms with Crippen LogP contribution in [-0.4, -0.2) is 51.9 Å². The molecule has 0 bridgehead atoms. The molecule has 0 amide bonds. The van der Waals surface area contributed by atoms with Gasteiger partial charge in [-0.15, -0.1) is 5.11 Å². The van der Waals surface area contributed by atoms with E-state index in [0.29, 0.717) is 16.4 Å². The third-order valence-electron chi connectivity index (χ3n) is 4.22. The number of hydrogen-bond donors (Lipinski definition) is 4. The fraction of sp³-hybridized carbons (Fsp3) is 0.368. The Balaban J connectivity index is 2.27. The molecule has 0 heterocycles. The lowest BCUT2D eigenvalue weighted by Gasteiger charge is -2.26. The minimum atomic E-state index is -1.52. The van der Waals surface area contributed by atoms with Gasteiger partial charge in [-0.3, -0.25) is 0 Å². The van der Waals surface area contributed by atoms with Gasteiger partial charge in [-0.25, -0.2) is 5.01 Å². The molecule has 0 saturated carbocycles. The fourth-order valence-electron chi connectivity index (χ4n) is 2.34. The van der Waals surface area contributed by atoms with Crippen LogP contribution in [-0.2, 0) is 0 Å². The maximum absolute atomic E-state index is 10.2. The number of aliphatic hydroxyl groups is 4. The Kier molecular flexibility index (Phi) is 7.70. The van der Waals surface area contributed by atoms with E-state index in [1.807, 2.05) is 32.0 Å². The normalized spacial score (nSPS) is 14.9. The number of hydrogen-bond acceptors (Lipinski definition) is 6. The van der Waals surface area contributed by atoms with Crippen molar-refractivity contribution in [1.82, 2.24) is 0 Å². The smallest absolute Gasteiger partial charge is 0.110 e. The molecular formula is C19H24ClN3O4. The average molecular weight is 394 g/mol. The Bertz CT molecular complexity index is 770. The van der Waals surface area contributed by atoms with Gasteiger partial charge in [0.15, 0.2) is 0 Å². The van der Waals surface area contributed by atoms with Gasteiger partial charge in [0.05, 0.1) is 24.5 Å². The van der Waals surface area contributed by atoms with Crippen molar-refractivity contribution < 1.29 is 20.4 Å². The van der Waals surface area contributed by atoms with Crippen LogP contribution in [0.4, 0.5) is 11.4 Å². The van der Waals surface area contributed by atoms with Gasteiger partial charge < -0.3 is 20.4 Å². The molecule has 0 radical (unpaired) electrons. The molecule has 0 unspecified atom stereocenters. The molecule has 2 aromatic carbocycles. The van der Waals surface area contributed by atoms with Crippen molar-refractivity contribution in [1.29, 1.82) is 0 Å². The van der Waals surface area contributed by atoms with Crippen LogP contribution in [0.15, 0.2) is 52.8 Å². The van der Waals surface area contributed by atoms with Gasteiger partial charge >= 0.3 is 0 Å². The number of aryl methyl sites for hydroxylation is 2. The zero-order valence-corrected chi connectivity index (χ0v) is 16.0. The molecule has 0 saturated heterocycles. The maximum atomic E-state index is 10.2. The zero-order chi connectivity index (χ0) is 20.0. The molecule has 3 atom stereocenters. The van der Waals surface area contributed by atoms with E-state index in [1.54, 1.807) is 24.3 Å². The van der Waals surface area contributed by atoms with Crippen molar-refractivity contribution in [3.63, 3.8) is 0 Å². The van der Waals surface area contributed by atoms with Gasteiger partial charge in [0.25, 0.3) is 0 Å². The van der Waals surface area contributed by atoms with Gasteiger partial charge in [0.2, 0.25) is 0 Å². The topological polar surface area (TPSA) is 109 Å². The summed E-state index contributed by atoms with van der Waals surface area (Å²) in [6.45, 7) is 3.15. The second kappa shape index (κ2) is 9.77. The summed E-state index contributed by atoms with van der Waals surface area (Å²) in [4.78, 5) is 0. The Morgan fingerprint density at radius 2 is 1.63 bits per heavy atom. The van der Waals surface area contributed by atoms with Crippen LogP contribution in [0.2, 0.25) is 5.02 Å². The molecule has 4 N–H and O–H groups in total. The molecule has 7 nitrogen and oxygen atoms in total. The van der Waals surface area contributed by atoms with E-state index in [4.69, 9.17) is 16.7 Å². The van der Waals surface area contributed by atoms with Gasteiger partial charge in [-0.05, 0) is 61.4 Å². The van der Waals surface area contributed by atoms with Gasteiger partial charge in [0.1, 0.15) is 18.3 Å². The summed E-state index contributed by atoms with van der Waals surface area (Å²) in [5.41, 5.74) is 3.37. The van der Waals surface area contributed by atoms with E-state index in [9.17, 15) is 15.3 Å². The van der Waals surface area contributed by atoms with E-state index in [-0.39, 0.29) is 6.54 Å². The molecule has 2 aromatic rings. The second-order valence-electron chi connectivity index (χ2n) is 6.32. The first kappa shape index (κ1) is 21.3. The van der Waals surface area contributed by atoms with Crippen LogP contribution in [0.3, 0.4) is 0 Å². The summed E-state index contributed by atoms with van der Waals surface area (Å²) in [6, 6.07) is 12.4. The van der Waals surface area contributed by atoms with Crippen molar-refractivity contribution in [3.05, 3.63) is 58.6 Å². The summed E-state index contributed by atoms with van der Waals surface area (Å²) in [5.74, 6) is 0. The average Bonchev–Trinajstić information content (AvgIpc) is 2.67. The summed E-state index contributed by atoms with van der Waals surface area (Å²) >= 11 is 5.86. The minimum absolute atomic E-state index is 0.127. The second-order valence-corrected chi connectivity index (χ2v) is 6.76. The number of halogens is 1. The standard InChI is InChI=1S/C19H24ClN3O4/c1-12-3-8-16(9-13(12)2)23(10-17(25)19(27)18(26)11-24)22-21-15-6-4-14(20)5-7-15/h3-9,17-19,24-27H,10-11H2,1-2H3/t17-,18-,19-/m1/s1. The lowest BCUT2D eigenvalue weighted by molar-refractivity contribution is -0.0732. The van der Waals surface area contributed by atoms with E-state index in [2.05, 4.69) is 10.3 Å². The molecular weight excluding hydrogens is 370 g/mol. The predicted molar refractivity (Wildman–Crippen MR) is 104 cm³/mol. The van der Waals surface area contributed by atoms with Crippen LogP contribution in [0.25, 0.3) is 0 Å². The van der Waals surface area contributed by atoms with Crippen LogP contribution < -0.4 is 5.01 Å². The first-order valence-corrected chi connectivity index (χ1v) is 8.86. The van der Waals surface area contributed by atoms with Gasteiger partial charge in [-0.1, -0.05) is 22.9 Å². The number of aliphatic hydroxyl groups excluding tert-OH is 4. The van der Waals surface area contributed by atoms with Crippen molar-refractivity contribution in [2.75, 3.05) is 18.2 Å². The fourth-order valence-corrected chi connectivity index (χ4v) is 2.47. The predicted octanol–water partition coefficient (Wildman–Crippen LogP) is 2.54. The SMILES string of the molecule is Cc1ccc(N(C[C@@H](O)[C@@H](O)[C@H](O)CO)N=Nc2ccc(Cl)cc2)cc1C. The molecule has 0 spiro atoms. The van der Waals surface area contributed by atoms with E-state index in [0.717, 1.165) is 11.1 Å². The number of rotatable bonds is 8. The van der Waals surface area contributed by atoms with Crippen LogP contribution in [0.1, 0.15) is 11.1 Å². The lowest BCUT2D eigenvalue weighted by Crippen LogP contribution is -2.44. The van der Waals surface area contributed by atoms with Crippen LogP contribution in [0.5, 0.6) is 0 Å². The van der Waals surface area contributed by atoms with E-state index >= 15 is 0 Å². The van der Waals surface area contributed by atoms with Crippen LogP contribution in [0, 0.1) is 13.8 Å². The highest BCUT2D eigenvalue weighted by atomic mass is 35.5. The Morgan fingerprint density at radius 1 is 0.963 bits per heavy atom. The highest BCUT2D eigenvalue weighted by Gasteiger charge is 2.26. The molecule has 8 heteroatoms. The molecule has 2 rings (SSSR count). The van der Waals surface area contributed by atoms with Crippen molar-refractivity contribution >= 4 is 23.0 Å². The van der Waals surface area contributed by atoms with E-state index in [1.165, 1.54) is 5.01 Å². The maximum Gasteiger partial charge on any atom is 0.110 e. The van der Waals surface area contributed by atoms with Gasteiger partial charge in [-0.2, -0.15) is 0 Å². The molecule has 27 heavy (non-hydrogen) atoms. The molecule has 0 aliphatic carbocycles. The Hall–Kier alpha value is -2.03. The molecule has 146 valence electrons. The summed E-state index contributed by atoms with van der Waals surface area (Å²) in [7, 11) is 0. The largest absolute Gasteiger partial charge is 0.394 e. The lowest BCUT2D eigenvalue weighted by atomic mass is 10.1. The first-order valence-electron chi connectivity index (χ1n) is 8.49. The van der Waals surface area contributed by atoms with Crippen molar-refractivity contribution in [2.45, 2.75) is 32.2 Å². The third-order valence-corrected chi connectivity index (χ3v) is 4.47. The zero-order valence-electron chi connectivity index (χ0n) is 15.2. The molecule has 0 aromatic heterocycles. The van der Waals surface area contributed by atoms with Crippen LogP contribution >= 0.6 is 11.6 Å². The first-order chi connectivity index (χ1) is 12.8. The van der Waals surface area contributed by atoms with Crippen molar-refractivity contribution in [3.8, 4) is 0 Å². The molecule has 0 aliphatic rings. The summed E-state index contributed by atoms with van der Waals surface area (Å²) < 4.78 is 0. The Labute approximate surface area is 163 Å². The Morgan fingerprint density at radius 3 is 2.22 bits per heavy atom. The number of benzene rings is 2. The molecule has 0 fully saturated rings. The summed E-state index contributed by atoms with van der Waals surface area (Å²) in [6.07, 6.45) is -4.32. The molecule has 0 aliphatic heterocycles.